The molecule has 0 spiro atoms. The first-order valence-corrected chi connectivity index (χ1v) is 7.79. The van der Waals surface area contributed by atoms with Crippen molar-refractivity contribution in [3.63, 3.8) is 0 Å². The van der Waals surface area contributed by atoms with E-state index in [4.69, 9.17) is 4.74 Å². The van der Waals surface area contributed by atoms with Crippen LogP contribution in [0.2, 0.25) is 0 Å². The molecule has 1 aliphatic rings. The molecule has 1 aromatic carbocycles. The van der Waals surface area contributed by atoms with Crippen LogP contribution < -0.4 is 10.3 Å². The molecule has 0 bridgehead atoms. The topological polar surface area (TPSA) is 31.2 Å². The van der Waals surface area contributed by atoms with E-state index in [-0.39, 0.29) is 5.56 Å². The quantitative estimate of drug-likeness (QED) is 0.875. The Morgan fingerprint density at radius 1 is 1.29 bits per heavy atom. The van der Waals surface area contributed by atoms with Gasteiger partial charge >= 0.3 is 0 Å². The van der Waals surface area contributed by atoms with Gasteiger partial charge in [0.05, 0.1) is 12.8 Å². The van der Waals surface area contributed by atoms with Crippen LogP contribution in [0.4, 0.5) is 0 Å². The van der Waals surface area contributed by atoms with Gasteiger partial charge in [-0.05, 0) is 38.0 Å². The van der Waals surface area contributed by atoms with Gasteiger partial charge in [0.25, 0.3) is 5.56 Å². The van der Waals surface area contributed by atoms with Crippen LogP contribution in [0.1, 0.15) is 30.0 Å². The minimum Gasteiger partial charge on any atom is -0.496 e. The number of aromatic nitrogens is 1. The fraction of sp³-hybridized carbons (Fsp3) is 0.353. The molecule has 110 valence electrons. The average Bonchev–Trinajstić information content (AvgIpc) is 3.31. The predicted octanol–water partition coefficient (Wildman–Crippen LogP) is 3.60. The van der Waals surface area contributed by atoms with Gasteiger partial charge in [-0.15, -0.1) is 0 Å². The highest BCUT2D eigenvalue weighted by molar-refractivity contribution is 7.79. The maximum Gasteiger partial charge on any atom is 0.255 e. The van der Waals surface area contributed by atoms with Crippen molar-refractivity contribution in [2.75, 3.05) is 7.11 Å². The number of nitrogens with zero attached hydrogens (tertiary/aromatic N) is 1. The third kappa shape index (κ3) is 2.60. The van der Waals surface area contributed by atoms with E-state index in [1.54, 1.807) is 7.11 Å². The molecule has 4 heteroatoms. The van der Waals surface area contributed by atoms with E-state index in [9.17, 15) is 4.79 Å². The highest BCUT2D eigenvalue weighted by Gasteiger charge is 2.28. The number of benzene rings is 1. The van der Waals surface area contributed by atoms with Crippen molar-refractivity contribution in [1.82, 2.24) is 4.57 Å². The summed E-state index contributed by atoms with van der Waals surface area (Å²) in [5.41, 5.74) is 3.90. The van der Waals surface area contributed by atoms with Crippen LogP contribution in [-0.4, -0.2) is 11.7 Å². The van der Waals surface area contributed by atoms with Crippen LogP contribution in [-0.2, 0) is 5.75 Å². The second-order valence-corrected chi connectivity index (χ2v) is 5.83. The molecular weight excluding hydrogens is 282 g/mol. The molecule has 0 saturated heterocycles. The minimum absolute atomic E-state index is 0.0774. The summed E-state index contributed by atoms with van der Waals surface area (Å²) < 4.78 is 7.40. The highest BCUT2D eigenvalue weighted by Crippen LogP contribution is 2.39. The number of hydrogen-bond acceptors (Lipinski definition) is 3. The van der Waals surface area contributed by atoms with E-state index in [1.807, 2.05) is 35.8 Å². The summed E-state index contributed by atoms with van der Waals surface area (Å²) in [4.78, 5) is 12.6. The number of pyridine rings is 1. The summed E-state index contributed by atoms with van der Waals surface area (Å²) in [6.45, 7) is 2.05. The second kappa shape index (κ2) is 5.60. The van der Waals surface area contributed by atoms with Gasteiger partial charge in [-0.3, -0.25) is 4.79 Å². The molecule has 1 aromatic heterocycles. The Labute approximate surface area is 130 Å². The first-order chi connectivity index (χ1) is 10.2. The van der Waals surface area contributed by atoms with Crippen LogP contribution in [0.3, 0.4) is 0 Å². The number of aryl methyl sites for hydroxylation is 1. The molecule has 2 aromatic rings. The minimum atomic E-state index is 0.0774. The van der Waals surface area contributed by atoms with Crippen molar-refractivity contribution in [2.24, 2.45) is 0 Å². The summed E-state index contributed by atoms with van der Waals surface area (Å²) in [5.74, 6) is 1.27. The van der Waals surface area contributed by atoms with Crippen LogP contribution in [0.5, 0.6) is 5.75 Å². The van der Waals surface area contributed by atoms with E-state index < -0.39 is 0 Å². The molecule has 1 aliphatic carbocycles. The first-order valence-electron chi connectivity index (χ1n) is 7.16. The third-order valence-corrected chi connectivity index (χ3v) is 4.25. The van der Waals surface area contributed by atoms with E-state index in [1.165, 1.54) is 0 Å². The molecular formula is C17H19NO2S. The Morgan fingerprint density at radius 3 is 2.67 bits per heavy atom. The van der Waals surface area contributed by atoms with Crippen LogP contribution >= 0.6 is 12.6 Å². The van der Waals surface area contributed by atoms with Crippen molar-refractivity contribution in [3.8, 4) is 17.0 Å². The van der Waals surface area contributed by atoms with Crippen LogP contribution in [0.25, 0.3) is 11.3 Å². The molecule has 0 unspecified atom stereocenters. The molecule has 3 rings (SSSR count). The van der Waals surface area contributed by atoms with Crippen molar-refractivity contribution in [1.29, 1.82) is 0 Å². The SMILES string of the molecule is COc1ccc(C)cc1-c1ccc(CS)c(=O)n1C1CC1. The number of hydrogen-bond donors (Lipinski definition) is 1. The summed E-state index contributed by atoms with van der Waals surface area (Å²) >= 11 is 4.25. The zero-order chi connectivity index (χ0) is 15.0. The van der Waals surface area contributed by atoms with E-state index in [2.05, 4.69) is 18.7 Å². The van der Waals surface area contributed by atoms with E-state index in [0.29, 0.717) is 11.8 Å². The zero-order valence-electron chi connectivity index (χ0n) is 12.3. The smallest absolute Gasteiger partial charge is 0.255 e. The van der Waals surface area contributed by atoms with Crippen molar-refractivity contribution < 1.29 is 4.74 Å². The fourth-order valence-corrected chi connectivity index (χ4v) is 2.89. The molecule has 0 atom stereocenters. The number of methoxy groups -OCH3 is 1. The Bertz CT molecular complexity index is 732. The maximum absolute atomic E-state index is 12.6. The Morgan fingerprint density at radius 2 is 2.05 bits per heavy atom. The van der Waals surface area contributed by atoms with E-state index >= 15 is 0 Å². The Balaban J connectivity index is 2.26. The molecule has 1 fully saturated rings. The number of ether oxygens (including phenoxy) is 1. The maximum atomic E-state index is 12.6. The van der Waals surface area contributed by atoms with Gasteiger partial charge in [-0.2, -0.15) is 12.6 Å². The second-order valence-electron chi connectivity index (χ2n) is 5.51. The van der Waals surface area contributed by atoms with Gasteiger partial charge in [-0.25, -0.2) is 0 Å². The lowest BCUT2D eigenvalue weighted by Crippen LogP contribution is -2.23. The average molecular weight is 301 g/mol. The standard InChI is InChI=1S/C17H19NO2S/c1-11-3-8-16(20-2)14(9-11)15-7-4-12(10-21)17(19)18(15)13-5-6-13/h3-4,7-9,13,21H,5-6,10H2,1-2H3. The van der Waals surface area contributed by atoms with E-state index in [0.717, 1.165) is 41.0 Å². The summed E-state index contributed by atoms with van der Waals surface area (Å²) in [5, 5.41) is 0. The normalized spacial score (nSPS) is 14.2. The lowest BCUT2D eigenvalue weighted by Gasteiger charge is -2.16. The fourth-order valence-electron chi connectivity index (χ4n) is 2.65. The summed E-state index contributed by atoms with van der Waals surface area (Å²) in [7, 11) is 1.66. The van der Waals surface area contributed by atoms with Crippen molar-refractivity contribution >= 4 is 12.6 Å². The largest absolute Gasteiger partial charge is 0.496 e. The molecule has 1 saturated carbocycles. The lowest BCUT2D eigenvalue weighted by atomic mass is 10.1. The Hall–Kier alpha value is -1.68. The highest BCUT2D eigenvalue weighted by atomic mass is 32.1. The molecule has 1 heterocycles. The molecule has 0 aliphatic heterocycles. The molecule has 0 radical (unpaired) electrons. The van der Waals surface area contributed by atoms with Gasteiger partial charge in [0, 0.05) is 22.9 Å². The van der Waals surface area contributed by atoms with Gasteiger partial charge in [0.2, 0.25) is 0 Å². The monoisotopic (exact) mass is 301 g/mol. The van der Waals surface area contributed by atoms with Gasteiger partial charge < -0.3 is 9.30 Å². The van der Waals surface area contributed by atoms with Gasteiger partial charge in [0.1, 0.15) is 5.75 Å². The molecule has 3 nitrogen and oxygen atoms in total. The lowest BCUT2D eigenvalue weighted by molar-refractivity contribution is 0.416. The first kappa shape index (κ1) is 14.3. The number of rotatable bonds is 4. The molecule has 0 amide bonds. The van der Waals surface area contributed by atoms with Crippen LogP contribution in [0.15, 0.2) is 35.1 Å². The third-order valence-electron chi connectivity index (χ3n) is 3.91. The van der Waals surface area contributed by atoms with Crippen LogP contribution in [0, 0.1) is 6.92 Å². The molecule has 21 heavy (non-hydrogen) atoms. The number of thiol groups is 1. The van der Waals surface area contributed by atoms with Gasteiger partial charge in [-0.1, -0.05) is 17.7 Å². The zero-order valence-corrected chi connectivity index (χ0v) is 13.2. The Kier molecular flexibility index (Phi) is 3.81. The van der Waals surface area contributed by atoms with Crippen molar-refractivity contribution in [2.45, 2.75) is 31.6 Å². The summed E-state index contributed by atoms with van der Waals surface area (Å²) in [6.07, 6.45) is 2.13. The summed E-state index contributed by atoms with van der Waals surface area (Å²) in [6, 6.07) is 10.3. The van der Waals surface area contributed by atoms with Crippen molar-refractivity contribution in [3.05, 3.63) is 51.8 Å². The van der Waals surface area contributed by atoms with Gasteiger partial charge in [0.15, 0.2) is 0 Å². The predicted molar refractivity (Wildman–Crippen MR) is 88.4 cm³/mol. The molecule has 0 N–H and O–H groups in total.